The van der Waals surface area contributed by atoms with Crippen LogP contribution in [-0.4, -0.2) is 46.8 Å². The molecule has 2 aliphatic rings. The van der Waals surface area contributed by atoms with Crippen LogP contribution in [0.2, 0.25) is 0 Å². The normalized spacial score (nSPS) is 33.0. The number of aromatic nitrogens is 2. The summed E-state index contributed by atoms with van der Waals surface area (Å²) in [6, 6.07) is 2.07. The van der Waals surface area contributed by atoms with Crippen LogP contribution in [0, 0.1) is 5.41 Å². The zero-order chi connectivity index (χ0) is 14.2. The van der Waals surface area contributed by atoms with Gasteiger partial charge in [-0.05, 0) is 37.2 Å². The van der Waals surface area contributed by atoms with Gasteiger partial charge in [-0.2, -0.15) is 10.2 Å². The molecule has 20 heavy (non-hydrogen) atoms. The first-order valence-corrected chi connectivity index (χ1v) is 7.24. The summed E-state index contributed by atoms with van der Waals surface area (Å²) in [6.07, 6.45) is 7.64. The zero-order valence-corrected chi connectivity index (χ0v) is 12.1. The number of ether oxygens (including phenoxy) is 1. The van der Waals surface area contributed by atoms with Crippen LogP contribution in [0.1, 0.15) is 43.0 Å². The number of nitrogens with zero attached hydrogens (tertiary/aromatic N) is 3. The molecular weight excluding hydrogens is 254 g/mol. The lowest BCUT2D eigenvalue weighted by Crippen LogP contribution is -2.46. The molecule has 3 rings (SSSR count). The van der Waals surface area contributed by atoms with Gasteiger partial charge in [0.25, 0.3) is 5.91 Å². The lowest BCUT2D eigenvalue weighted by atomic mass is 9.71. The average molecular weight is 275 g/mol. The molecule has 0 unspecified atom stereocenters. The summed E-state index contributed by atoms with van der Waals surface area (Å²) in [4.78, 5) is 14.7. The number of amides is 1. The van der Waals surface area contributed by atoms with Gasteiger partial charge in [-0.25, -0.2) is 0 Å². The van der Waals surface area contributed by atoms with Crippen LogP contribution in [0.25, 0.3) is 0 Å². The topological polar surface area (TPSA) is 55.3 Å². The molecule has 3 atom stereocenters. The Morgan fingerprint density at radius 2 is 2.30 bits per heavy atom. The highest BCUT2D eigenvalue weighted by Crippen LogP contribution is 2.47. The van der Waals surface area contributed by atoms with Crippen LogP contribution >= 0.6 is 0 Å². The molecule has 2 heterocycles. The number of carbonyl (C=O) groups is 1. The Bertz CT molecular complexity index is 493. The van der Waals surface area contributed by atoms with E-state index >= 15 is 0 Å². The summed E-state index contributed by atoms with van der Waals surface area (Å²) >= 11 is 0. The molecule has 5 heteroatoms. The van der Waals surface area contributed by atoms with Crippen molar-refractivity contribution in [1.29, 1.82) is 0 Å². The molecule has 1 aromatic heterocycles. The number of hydrogen-bond donors (Lipinski definition) is 0. The smallest absolute Gasteiger partial charge is 0.255 e. The predicted octanol–water partition coefficient (Wildman–Crippen LogP) is 1.90. The number of fused-ring (bicyclic) bond motifs is 1. The van der Waals surface area contributed by atoms with Gasteiger partial charge in [0, 0.05) is 19.7 Å². The second kappa shape index (κ2) is 5.13. The third kappa shape index (κ3) is 2.20. The van der Waals surface area contributed by atoms with E-state index in [0.29, 0.717) is 17.7 Å². The van der Waals surface area contributed by atoms with Crippen molar-refractivity contribution in [3.63, 3.8) is 0 Å². The highest BCUT2D eigenvalue weighted by molar-refractivity contribution is 5.94. The van der Waals surface area contributed by atoms with Crippen LogP contribution in [0.3, 0.4) is 0 Å². The van der Waals surface area contributed by atoms with Gasteiger partial charge in [0.15, 0.2) is 0 Å². The van der Waals surface area contributed by atoms with E-state index in [2.05, 4.69) is 17.1 Å². The maximum absolute atomic E-state index is 12.6. The standard InChI is InChI=1S/C15H21N3O2/c1-15-6-8-18(13(15)4-3-12(9-15)20-2)14(19)11-5-7-16-17-10-11/h5,7,10,12-13H,3-4,6,8-9H2,1-2H3/t12-,13-,15+/m1/s1. The molecule has 1 saturated heterocycles. The molecule has 1 aliphatic carbocycles. The van der Waals surface area contributed by atoms with Crippen molar-refractivity contribution < 1.29 is 9.53 Å². The predicted molar refractivity (Wildman–Crippen MR) is 74.2 cm³/mol. The van der Waals surface area contributed by atoms with Gasteiger partial charge in [-0.1, -0.05) is 6.92 Å². The molecule has 0 N–H and O–H groups in total. The van der Waals surface area contributed by atoms with E-state index in [-0.39, 0.29) is 11.3 Å². The summed E-state index contributed by atoms with van der Waals surface area (Å²) in [5.74, 6) is 0.0875. The quantitative estimate of drug-likeness (QED) is 0.827. The van der Waals surface area contributed by atoms with Crippen LogP contribution in [0.15, 0.2) is 18.5 Å². The minimum absolute atomic E-state index is 0.0875. The third-order valence-corrected chi connectivity index (χ3v) is 4.99. The third-order valence-electron chi connectivity index (χ3n) is 4.99. The Balaban J connectivity index is 1.79. The molecule has 5 nitrogen and oxygen atoms in total. The summed E-state index contributed by atoms with van der Waals surface area (Å²) in [5.41, 5.74) is 0.827. The summed E-state index contributed by atoms with van der Waals surface area (Å²) in [5, 5.41) is 7.54. The molecule has 1 amide bonds. The molecule has 0 bridgehead atoms. The number of rotatable bonds is 2. The second-order valence-electron chi connectivity index (χ2n) is 6.19. The fourth-order valence-corrected chi connectivity index (χ4v) is 3.81. The fourth-order valence-electron chi connectivity index (χ4n) is 3.81. The molecule has 108 valence electrons. The molecule has 0 spiro atoms. The molecule has 1 aromatic rings. The first-order chi connectivity index (χ1) is 9.64. The van der Waals surface area contributed by atoms with Gasteiger partial charge in [-0.15, -0.1) is 0 Å². The number of likely N-dealkylation sites (tertiary alicyclic amines) is 1. The van der Waals surface area contributed by atoms with Crippen molar-refractivity contribution in [2.75, 3.05) is 13.7 Å². The molecular formula is C15H21N3O2. The van der Waals surface area contributed by atoms with Crippen molar-refractivity contribution >= 4 is 5.91 Å². The van der Waals surface area contributed by atoms with Gasteiger partial charge < -0.3 is 9.64 Å². The summed E-state index contributed by atoms with van der Waals surface area (Å²) in [6.45, 7) is 3.12. The SMILES string of the molecule is CO[C@@H]1CC[C@H]2N(C(=O)c3ccnnc3)CC[C@@]2(C)C1. The molecule has 2 fully saturated rings. The van der Waals surface area contributed by atoms with Crippen molar-refractivity contribution in [1.82, 2.24) is 15.1 Å². The van der Waals surface area contributed by atoms with Crippen LogP contribution in [-0.2, 0) is 4.74 Å². The summed E-state index contributed by atoms with van der Waals surface area (Å²) < 4.78 is 5.52. The first-order valence-electron chi connectivity index (χ1n) is 7.24. The Labute approximate surface area is 119 Å². The van der Waals surface area contributed by atoms with E-state index in [1.165, 1.54) is 0 Å². The van der Waals surface area contributed by atoms with Gasteiger partial charge in [0.1, 0.15) is 0 Å². The number of carbonyl (C=O) groups excluding carboxylic acids is 1. The minimum Gasteiger partial charge on any atom is -0.381 e. The molecule has 1 saturated carbocycles. The number of hydrogen-bond acceptors (Lipinski definition) is 4. The number of methoxy groups -OCH3 is 1. The lowest BCUT2D eigenvalue weighted by Gasteiger charge is -2.42. The van der Waals surface area contributed by atoms with Crippen molar-refractivity contribution in [2.24, 2.45) is 5.41 Å². The monoisotopic (exact) mass is 275 g/mol. The Morgan fingerprint density at radius 1 is 1.45 bits per heavy atom. The first kappa shape index (κ1) is 13.5. The van der Waals surface area contributed by atoms with Gasteiger partial charge >= 0.3 is 0 Å². The molecule has 0 aromatic carbocycles. The van der Waals surface area contributed by atoms with Crippen molar-refractivity contribution in [3.05, 3.63) is 24.0 Å². The second-order valence-corrected chi connectivity index (χ2v) is 6.19. The van der Waals surface area contributed by atoms with Crippen LogP contribution < -0.4 is 0 Å². The van der Waals surface area contributed by atoms with Crippen molar-refractivity contribution in [2.45, 2.75) is 44.8 Å². The van der Waals surface area contributed by atoms with E-state index < -0.39 is 0 Å². The maximum Gasteiger partial charge on any atom is 0.255 e. The minimum atomic E-state index is 0.0875. The highest BCUT2D eigenvalue weighted by atomic mass is 16.5. The van der Waals surface area contributed by atoms with Gasteiger partial charge in [0.05, 0.1) is 24.1 Å². The van der Waals surface area contributed by atoms with E-state index in [1.807, 2.05) is 4.90 Å². The highest BCUT2D eigenvalue weighted by Gasteiger charge is 2.49. The van der Waals surface area contributed by atoms with Gasteiger partial charge in [-0.3, -0.25) is 4.79 Å². The Kier molecular flexibility index (Phi) is 3.46. The zero-order valence-electron chi connectivity index (χ0n) is 12.1. The van der Waals surface area contributed by atoms with Crippen LogP contribution in [0.5, 0.6) is 0 Å². The maximum atomic E-state index is 12.6. The average Bonchev–Trinajstić information content (AvgIpc) is 2.83. The summed E-state index contributed by atoms with van der Waals surface area (Å²) in [7, 11) is 1.79. The van der Waals surface area contributed by atoms with Crippen LogP contribution in [0.4, 0.5) is 0 Å². The lowest BCUT2D eigenvalue weighted by molar-refractivity contribution is -0.00278. The van der Waals surface area contributed by atoms with E-state index in [4.69, 9.17) is 4.74 Å². The van der Waals surface area contributed by atoms with E-state index in [0.717, 1.165) is 32.2 Å². The fraction of sp³-hybridized carbons (Fsp3) is 0.667. The largest absolute Gasteiger partial charge is 0.381 e. The van der Waals surface area contributed by atoms with E-state index in [9.17, 15) is 4.79 Å². The van der Waals surface area contributed by atoms with E-state index in [1.54, 1.807) is 25.6 Å². The molecule has 1 aliphatic heterocycles. The Morgan fingerprint density at radius 3 is 3.00 bits per heavy atom. The molecule has 0 radical (unpaired) electrons. The van der Waals surface area contributed by atoms with Crippen molar-refractivity contribution in [3.8, 4) is 0 Å². The Hall–Kier alpha value is -1.49. The van der Waals surface area contributed by atoms with Gasteiger partial charge in [0.2, 0.25) is 0 Å².